The molecule has 0 atom stereocenters. The van der Waals surface area contributed by atoms with Crippen LogP contribution < -0.4 is 0 Å². The molecule has 0 fully saturated rings. The number of fused-ring (bicyclic) bond motifs is 3. The highest BCUT2D eigenvalue weighted by atomic mass is 15.1. The fraction of sp³-hybridized carbons (Fsp3) is 0.111. The van der Waals surface area contributed by atoms with Crippen LogP contribution in [-0.4, -0.2) is 30.1 Å². The zero-order valence-electron chi connectivity index (χ0n) is 17.8. The summed E-state index contributed by atoms with van der Waals surface area (Å²) in [5.41, 5.74) is 11.3. The molecule has 6 nitrogen and oxygen atoms in total. The molecule has 1 aliphatic carbocycles. The Labute approximate surface area is 189 Å². The van der Waals surface area contributed by atoms with Gasteiger partial charge in [-0.15, -0.1) is 0 Å². The molecule has 1 aliphatic rings. The third kappa shape index (κ3) is 2.95. The maximum Gasteiger partial charge on any atom is 0.135 e. The molecule has 5 heterocycles. The zero-order valence-corrected chi connectivity index (χ0v) is 17.8. The summed E-state index contributed by atoms with van der Waals surface area (Å²) in [6.45, 7) is 0. The van der Waals surface area contributed by atoms with Crippen molar-refractivity contribution in [1.82, 2.24) is 30.1 Å². The van der Waals surface area contributed by atoms with Crippen molar-refractivity contribution >= 4 is 21.9 Å². The normalized spacial score (nSPS) is 13.1. The van der Waals surface area contributed by atoms with E-state index in [1.54, 1.807) is 6.20 Å². The zero-order chi connectivity index (χ0) is 21.8. The molecule has 6 aromatic rings. The molecule has 0 aliphatic heterocycles. The van der Waals surface area contributed by atoms with Crippen molar-refractivity contribution in [2.75, 3.05) is 0 Å². The van der Waals surface area contributed by atoms with E-state index < -0.39 is 0 Å². The molecule has 0 saturated heterocycles. The van der Waals surface area contributed by atoms with Crippen LogP contribution in [0.4, 0.5) is 0 Å². The van der Waals surface area contributed by atoms with E-state index in [2.05, 4.69) is 49.4 Å². The molecule has 0 saturated carbocycles. The molecule has 0 radical (unpaired) electrons. The van der Waals surface area contributed by atoms with Gasteiger partial charge in [-0.2, -0.15) is 5.10 Å². The number of rotatable bonds is 3. The van der Waals surface area contributed by atoms with Gasteiger partial charge in [-0.25, -0.2) is 4.98 Å². The quantitative estimate of drug-likeness (QED) is 0.378. The Morgan fingerprint density at radius 3 is 2.73 bits per heavy atom. The first kappa shape index (κ1) is 18.3. The van der Waals surface area contributed by atoms with E-state index in [1.807, 2.05) is 42.7 Å². The lowest BCUT2D eigenvalue weighted by Gasteiger charge is -2.06. The average Bonchev–Trinajstić information content (AvgIpc) is 3.60. The molecule has 33 heavy (non-hydrogen) atoms. The van der Waals surface area contributed by atoms with Crippen LogP contribution in [0, 0.1) is 0 Å². The standard InChI is InChI=1S/C27H20N6/c1-2-11-29-21(6-1)22-9-10-23-26(31-22)27(33-32-23)24-13-19-20(14-28-15-25(19)30-24)18-8-7-16-4-3-5-17(16)12-18/h1-2,6-15,30H,3-5H2,(H,32,33). The summed E-state index contributed by atoms with van der Waals surface area (Å²) in [5, 5.41) is 8.84. The summed E-state index contributed by atoms with van der Waals surface area (Å²) in [5.74, 6) is 0. The maximum atomic E-state index is 4.88. The Kier molecular flexibility index (Phi) is 3.93. The number of aromatic amines is 2. The summed E-state index contributed by atoms with van der Waals surface area (Å²) < 4.78 is 0. The maximum absolute atomic E-state index is 4.88. The summed E-state index contributed by atoms with van der Waals surface area (Å²) in [4.78, 5) is 17.3. The van der Waals surface area contributed by atoms with Crippen LogP contribution in [0.1, 0.15) is 17.5 Å². The summed E-state index contributed by atoms with van der Waals surface area (Å²) >= 11 is 0. The first-order valence-corrected chi connectivity index (χ1v) is 11.2. The highest BCUT2D eigenvalue weighted by Gasteiger charge is 2.17. The van der Waals surface area contributed by atoms with Crippen molar-refractivity contribution < 1.29 is 0 Å². The van der Waals surface area contributed by atoms with Gasteiger partial charge in [-0.05, 0) is 66.3 Å². The van der Waals surface area contributed by atoms with Crippen LogP contribution in [-0.2, 0) is 12.8 Å². The lowest BCUT2D eigenvalue weighted by molar-refractivity contribution is 0.912. The summed E-state index contributed by atoms with van der Waals surface area (Å²) in [7, 11) is 0. The molecule has 0 bridgehead atoms. The van der Waals surface area contributed by atoms with Gasteiger partial charge in [0.15, 0.2) is 0 Å². The van der Waals surface area contributed by atoms with E-state index in [0.29, 0.717) is 0 Å². The smallest absolute Gasteiger partial charge is 0.135 e. The van der Waals surface area contributed by atoms with Gasteiger partial charge in [0.1, 0.15) is 11.2 Å². The third-order valence-corrected chi connectivity index (χ3v) is 6.55. The van der Waals surface area contributed by atoms with Gasteiger partial charge in [0.05, 0.1) is 34.3 Å². The molecule has 2 N–H and O–H groups in total. The Morgan fingerprint density at radius 1 is 0.818 bits per heavy atom. The molecule has 0 amide bonds. The number of hydrogen-bond donors (Lipinski definition) is 2. The molecular formula is C27H20N6. The van der Waals surface area contributed by atoms with Gasteiger partial charge in [0.25, 0.3) is 0 Å². The molecule has 7 rings (SSSR count). The highest BCUT2D eigenvalue weighted by Crippen LogP contribution is 2.35. The lowest BCUT2D eigenvalue weighted by atomic mass is 9.99. The predicted octanol–water partition coefficient (Wildman–Crippen LogP) is 5.72. The fourth-order valence-corrected chi connectivity index (χ4v) is 4.89. The third-order valence-electron chi connectivity index (χ3n) is 6.55. The first-order chi connectivity index (χ1) is 16.3. The van der Waals surface area contributed by atoms with Gasteiger partial charge in [0, 0.05) is 23.3 Å². The minimum Gasteiger partial charge on any atom is -0.352 e. The van der Waals surface area contributed by atoms with Crippen molar-refractivity contribution in [3.63, 3.8) is 0 Å². The second-order valence-corrected chi connectivity index (χ2v) is 8.55. The number of nitrogens with one attached hydrogen (secondary N) is 2. The molecular weight excluding hydrogens is 408 g/mol. The van der Waals surface area contributed by atoms with Gasteiger partial charge < -0.3 is 4.98 Å². The van der Waals surface area contributed by atoms with E-state index in [1.165, 1.54) is 29.5 Å². The van der Waals surface area contributed by atoms with Gasteiger partial charge >= 0.3 is 0 Å². The Hall–Kier alpha value is -4.32. The van der Waals surface area contributed by atoms with Crippen LogP contribution >= 0.6 is 0 Å². The Balaban J connectivity index is 1.37. The molecule has 5 aromatic heterocycles. The Morgan fingerprint density at radius 2 is 1.79 bits per heavy atom. The molecule has 158 valence electrons. The molecule has 6 heteroatoms. The van der Waals surface area contributed by atoms with Crippen molar-refractivity contribution in [2.24, 2.45) is 0 Å². The van der Waals surface area contributed by atoms with Gasteiger partial charge in [-0.3, -0.25) is 15.1 Å². The first-order valence-electron chi connectivity index (χ1n) is 11.2. The SMILES string of the molecule is c1ccc(-c2ccc3[nH]nc(-c4cc5c(-c6ccc7c(c6)CCC7)cncc5[nH]4)c3n2)nc1. The van der Waals surface area contributed by atoms with Gasteiger partial charge in [0.2, 0.25) is 0 Å². The van der Waals surface area contributed by atoms with Crippen molar-refractivity contribution in [2.45, 2.75) is 19.3 Å². The van der Waals surface area contributed by atoms with E-state index in [4.69, 9.17) is 4.98 Å². The molecule has 0 spiro atoms. The van der Waals surface area contributed by atoms with Crippen LogP contribution in [0.5, 0.6) is 0 Å². The van der Waals surface area contributed by atoms with E-state index in [9.17, 15) is 0 Å². The topological polar surface area (TPSA) is 83.1 Å². The van der Waals surface area contributed by atoms with Crippen LogP contribution in [0.3, 0.4) is 0 Å². The lowest BCUT2D eigenvalue weighted by Crippen LogP contribution is -1.87. The van der Waals surface area contributed by atoms with E-state index >= 15 is 0 Å². The van der Waals surface area contributed by atoms with Crippen molar-refractivity contribution in [3.8, 4) is 33.9 Å². The highest BCUT2D eigenvalue weighted by molar-refractivity contribution is 6.00. The second kappa shape index (κ2) is 7.10. The predicted molar refractivity (Wildman–Crippen MR) is 130 cm³/mol. The van der Waals surface area contributed by atoms with Gasteiger partial charge in [-0.1, -0.05) is 24.3 Å². The van der Waals surface area contributed by atoms with Crippen molar-refractivity contribution in [1.29, 1.82) is 0 Å². The minimum absolute atomic E-state index is 0.791. The number of benzene rings is 1. The number of pyridine rings is 3. The fourth-order valence-electron chi connectivity index (χ4n) is 4.89. The van der Waals surface area contributed by atoms with E-state index in [0.717, 1.165) is 56.7 Å². The summed E-state index contributed by atoms with van der Waals surface area (Å²) in [6.07, 6.45) is 9.20. The minimum atomic E-state index is 0.791. The van der Waals surface area contributed by atoms with Crippen molar-refractivity contribution in [3.05, 3.63) is 84.3 Å². The molecule has 0 unspecified atom stereocenters. The number of aromatic nitrogens is 6. The van der Waals surface area contributed by atoms with E-state index in [-0.39, 0.29) is 0 Å². The molecule has 1 aromatic carbocycles. The van der Waals surface area contributed by atoms with Crippen LogP contribution in [0.25, 0.3) is 55.8 Å². The monoisotopic (exact) mass is 428 g/mol. The second-order valence-electron chi connectivity index (χ2n) is 8.55. The number of H-pyrrole nitrogens is 2. The van der Waals surface area contributed by atoms with Crippen LogP contribution in [0.2, 0.25) is 0 Å². The Bertz CT molecular complexity index is 1640. The van der Waals surface area contributed by atoms with Crippen LogP contribution in [0.15, 0.2) is 73.2 Å². The number of hydrogen-bond acceptors (Lipinski definition) is 4. The average molecular weight is 428 g/mol. The summed E-state index contributed by atoms with van der Waals surface area (Å²) in [6, 6.07) is 18.8. The number of aryl methyl sites for hydroxylation is 2. The number of nitrogens with zero attached hydrogens (tertiary/aromatic N) is 4. The largest absolute Gasteiger partial charge is 0.352 e.